The predicted molar refractivity (Wildman–Crippen MR) is 26.6 cm³/mol. The lowest BCUT2D eigenvalue weighted by Crippen LogP contribution is -2.51. The highest BCUT2D eigenvalue weighted by Gasteiger charge is 2.66. The molecule has 78 valence electrons. The van der Waals surface area contributed by atoms with Gasteiger partial charge in [0, 0.05) is 0 Å². The van der Waals surface area contributed by atoms with E-state index in [0.29, 0.717) is 0 Å². The van der Waals surface area contributed by atoms with Gasteiger partial charge >= 0.3 is 24.5 Å². The Morgan fingerprint density at radius 2 is 1.62 bits per heavy atom. The maximum atomic E-state index is 12.3. The molecule has 0 aliphatic carbocycles. The van der Waals surface area contributed by atoms with Crippen LogP contribution in [0.4, 0.5) is 31.1 Å². The number of amides is 1. The second-order valence-corrected chi connectivity index (χ2v) is 1.86. The molecule has 0 aromatic heterocycles. The van der Waals surface area contributed by atoms with Gasteiger partial charge in [0.1, 0.15) is 0 Å². The van der Waals surface area contributed by atoms with Crippen LogP contribution in [0.15, 0.2) is 0 Å². The molecule has 1 unspecified atom stereocenters. The lowest BCUT2D eigenvalue weighted by molar-refractivity contribution is -0.348. The Bertz CT molecular complexity index is 203. The van der Waals surface area contributed by atoms with Crippen molar-refractivity contribution in [2.45, 2.75) is 18.5 Å². The monoisotopic (exact) mass is 211 g/mol. The van der Waals surface area contributed by atoms with Crippen LogP contribution in [0.2, 0.25) is 0 Å². The minimum atomic E-state index is -6.03. The van der Waals surface area contributed by atoms with Gasteiger partial charge in [0.25, 0.3) is 0 Å². The number of halogens is 6. The summed E-state index contributed by atoms with van der Waals surface area (Å²) < 4.78 is 72.5. The van der Waals surface area contributed by atoms with E-state index in [1.54, 1.807) is 0 Å². The van der Waals surface area contributed by atoms with Gasteiger partial charge in [-0.05, 0) is 0 Å². The molecular formula is C4H3F6NO2. The molecule has 0 heterocycles. The van der Waals surface area contributed by atoms with Crippen LogP contribution >= 0.6 is 0 Å². The average Bonchev–Trinajstić information content (AvgIpc) is 1.82. The Labute approximate surface area is 67.4 Å². The maximum Gasteiger partial charge on any atom is 0.466 e. The zero-order chi connectivity index (χ0) is 10.9. The maximum absolute atomic E-state index is 12.3. The number of carbonyl (C=O) groups is 1. The molecule has 0 aromatic carbocycles. The van der Waals surface area contributed by atoms with Crippen LogP contribution in [0.25, 0.3) is 0 Å². The van der Waals surface area contributed by atoms with E-state index in [2.05, 4.69) is 10.5 Å². The van der Waals surface area contributed by atoms with Crippen LogP contribution in [-0.2, 0) is 4.74 Å². The van der Waals surface area contributed by atoms with E-state index in [9.17, 15) is 31.1 Å². The minimum absolute atomic E-state index is 2.28. The van der Waals surface area contributed by atoms with Crippen LogP contribution in [0.5, 0.6) is 0 Å². The standard InChI is InChI=1S/C4H3F6NO2/c5-1(6)3(7,4(8,9)10)13-2(11)12/h1H,(H2,11,12). The van der Waals surface area contributed by atoms with Crippen molar-refractivity contribution in [3.8, 4) is 0 Å². The normalized spacial score (nSPS) is 16.8. The molecule has 3 nitrogen and oxygen atoms in total. The number of carbonyl (C=O) groups excluding carboxylic acids is 1. The minimum Gasteiger partial charge on any atom is -0.398 e. The van der Waals surface area contributed by atoms with E-state index in [1.807, 2.05) is 0 Å². The van der Waals surface area contributed by atoms with Crippen LogP contribution in [0.1, 0.15) is 0 Å². The fourth-order valence-corrected chi connectivity index (χ4v) is 0.373. The van der Waals surface area contributed by atoms with E-state index >= 15 is 0 Å². The topological polar surface area (TPSA) is 52.3 Å². The number of rotatable bonds is 2. The zero-order valence-electron chi connectivity index (χ0n) is 5.74. The SMILES string of the molecule is NC(=O)OC(F)(C(F)F)C(F)(F)F. The van der Waals surface area contributed by atoms with Gasteiger partial charge in [-0.25, -0.2) is 13.6 Å². The summed E-state index contributed by atoms with van der Waals surface area (Å²) in [5.74, 6) is -5.35. The summed E-state index contributed by atoms with van der Waals surface area (Å²) in [6.07, 6.45) is -12.9. The summed E-state index contributed by atoms with van der Waals surface area (Å²) >= 11 is 0. The van der Waals surface area contributed by atoms with Crippen LogP contribution in [0.3, 0.4) is 0 Å². The first-order chi connectivity index (χ1) is 5.61. The molecule has 0 fully saturated rings. The molecule has 13 heavy (non-hydrogen) atoms. The van der Waals surface area contributed by atoms with Gasteiger partial charge in [0.2, 0.25) is 0 Å². The Morgan fingerprint density at radius 3 is 1.69 bits per heavy atom. The quantitative estimate of drug-likeness (QED) is 0.705. The number of alkyl halides is 6. The lowest BCUT2D eigenvalue weighted by atomic mass is 10.3. The van der Waals surface area contributed by atoms with Gasteiger partial charge in [-0.15, -0.1) is 0 Å². The molecule has 0 spiro atoms. The summed E-state index contributed by atoms with van der Waals surface area (Å²) in [6, 6.07) is 0. The smallest absolute Gasteiger partial charge is 0.398 e. The number of ether oxygens (including phenoxy) is 1. The largest absolute Gasteiger partial charge is 0.466 e. The first-order valence-corrected chi connectivity index (χ1v) is 2.63. The third kappa shape index (κ3) is 2.39. The van der Waals surface area contributed by atoms with Crippen molar-refractivity contribution >= 4 is 6.09 Å². The van der Waals surface area contributed by atoms with E-state index < -0.39 is 24.5 Å². The van der Waals surface area contributed by atoms with Gasteiger partial charge in [-0.1, -0.05) is 0 Å². The number of nitrogens with two attached hydrogens (primary N) is 1. The van der Waals surface area contributed by atoms with Crippen LogP contribution in [0, 0.1) is 0 Å². The van der Waals surface area contributed by atoms with Crippen molar-refractivity contribution in [2.24, 2.45) is 5.73 Å². The van der Waals surface area contributed by atoms with Crippen molar-refractivity contribution in [3.63, 3.8) is 0 Å². The molecule has 0 saturated carbocycles. The van der Waals surface area contributed by atoms with Gasteiger partial charge in [0.05, 0.1) is 0 Å². The molecule has 2 N–H and O–H groups in total. The summed E-state index contributed by atoms with van der Waals surface area (Å²) in [6.45, 7) is 0. The number of hydrogen-bond donors (Lipinski definition) is 1. The van der Waals surface area contributed by atoms with Crippen LogP contribution < -0.4 is 5.73 Å². The first-order valence-electron chi connectivity index (χ1n) is 2.63. The molecular weight excluding hydrogens is 208 g/mol. The van der Waals surface area contributed by atoms with Crippen molar-refractivity contribution in [1.29, 1.82) is 0 Å². The zero-order valence-corrected chi connectivity index (χ0v) is 5.74. The van der Waals surface area contributed by atoms with E-state index in [0.717, 1.165) is 0 Å². The van der Waals surface area contributed by atoms with Crippen molar-refractivity contribution in [1.82, 2.24) is 0 Å². The molecule has 0 saturated heterocycles. The second kappa shape index (κ2) is 3.30. The van der Waals surface area contributed by atoms with E-state index in [1.165, 1.54) is 0 Å². The van der Waals surface area contributed by atoms with Gasteiger partial charge < -0.3 is 10.5 Å². The summed E-state index contributed by atoms with van der Waals surface area (Å²) in [7, 11) is 0. The van der Waals surface area contributed by atoms with Gasteiger partial charge in [0.15, 0.2) is 0 Å². The fourth-order valence-electron chi connectivity index (χ4n) is 0.373. The molecule has 0 aliphatic rings. The molecule has 0 aromatic rings. The van der Waals surface area contributed by atoms with Crippen LogP contribution in [-0.4, -0.2) is 24.5 Å². The number of hydrogen-bond acceptors (Lipinski definition) is 2. The number of primary amides is 1. The molecule has 0 rings (SSSR count). The summed E-state index contributed by atoms with van der Waals surface area (Å²) in [4.78, 5) is 9.69. The third-order valence-electron chi connectivity index (χ3n) is 0.916. The third-order valence-corrected chi connectivity index (χ3v) is 0.916. The molecule has 1 amide bonds. The summed E-state index contributed by atoms with van der Waals surface area (Å²) in [5.41, 5.74) is 3.98. The van der Waals surface area contributed by atoms with Crippen molar-refractivity contribution < 1.29 is 35.9 Å². The molecule has 0 radical (unpaired) electrons. The second-order valence-electron chi connectivity index (χ2n) is 1.86. The Balaban J connectivity index is 4.85. The van der Waals surface area contributed by atoms with Gasteiger partial charge in [-0.2, -0.15) is 17.6 Å². The Hall–Kier alpha value is -1.15. The Morgan fingerprint density at radius 1 is 1.23 bits per heavy atom. The molecule has 1 atom stereocenters. The first kappa shape index (κ1) is 11.8. The van der Waals surface area contributed by atoms with E-state index in [-0.39, 0.29) is 0 Å². The lowest BCUT2D eigenvalue weighted by Gasteiger charge is -2.25. The van der Waals surface area contributed by atoms with E-state index in [4.69, 9.17) is 0 Å². The highest BCUT2D eigenvalue weighted by molar-refractivity contribution is 5.65. The fraction of sp³-hybridized carbons (Fsp3) is 0.750. The highest BCUT2D eigenvalue weighted by atomic mass is 19.4. The molecule has 0 aliphatic heterocycles. The molecule has 0 bridgehead atoms. The van der Waals surface area contributed by atoms with Crippen molar-refractivity contribution in [3.05, 3.63) is 0 Å². The summed E-state index contributed by atoms with van der Waals surface area (Å²) in [5, 5.41) is 0. The molecule has 9 heteroatoms. The average molecular weight is 211 g/mol. The predicted octanol–water partition coefficient (Wildman–Crippen LogP) is 1.57. The van der Waals surface area contributed by atoms with Gasteiger partial charge in [-0.3, -0.25) is 0 Å². The Kier molecular flexibility index (Phi) is 3.01. The highest BCUT2D eigenvalue weighted by Crippen LogP contribution is 2.39. The van der Waals surface area contributed by atoms with Crippen molar-refractivity contribution in [2.75, 3.05) is 0 Å².